The smallest absolute Gasteiger partial charge is 0.118 e. The van der Waals surface area contributed by atoms with Gasteiger partial charge in [0, 0.05) is 30.7 Å². The normalized spacial score (nSPS) is 15.4. The van der Waals surface area contributed by atoms with E-state index in [-0.39, 0.29) is 0 Å². The summed E-state index contributed by atoms with van der Waals surface area (Å²) in [5, 5.41) is 12.5. The van der Waals surface area contributed by atoms with E-state index < -0.39 is 0 Å². The Bertz CT molecular complexity index is 836. The number of para-hydroxylation sites is 1. The van der Waals surface area contributed by atoms with Gasteiger partial charge in [0.25, 0.3) is 0 Å². The van der Waals surface area contributed by atoms with Gasteiger partial charge in [0.15, 0.2) is 0 Å². The van der Waals surface area contributed by atoms with Crippen molar-refractivity contribution < 1.29 is 9.47 Å². The van der Waals surface area contributed by atoms with Crippen LogP contribution in [0.1, 0.15) is 12.8 Å². The van der Waals surface area contributed by atoms with E-state index in [0.717, 1.165) is 66.2 Å². The minimum absolute atomic E-state index is 0.674. The number of fused-ring (bicyclic) bond motifs is 1. The molecular weight excluding hydrogens is 314 g/mol. The fourth-order valence-corrected chi connectivity index (χ4v) is 3.36. The summed E-state index contributed by atoms with van der Waals surface area (Å²) in [6.45, 7) is 2.73. The van der Waals surface area contributed by atoms with E-state index in [1.54, 1.807) is 7.11 Å². The van der Waals surface area contributed by atoms with Crippen molar-refractivity contribution in [3.05, 3.63) is 42.5 Å². The van der Waals surface area contributed by atoms with E-state index in [4.69, 9.17) is 9.47 Å². The fraction of sp³-hybridized carbons (Fsp3) is 0.350. The monoisotopic (exact) mass is 337 g/mol. The summed E-state index contributed by atoms with van der Waals surface area (Å²) >= 11 is 0. The van der Waals surface area contributed by atoms with Gasteiger partial charge in [0.05, 0.1) is 24.0 Å². The van der Waals surface area contributed by atoms with Crippen LogP contribution in [0.3, 0.4) is 0 Å². The van der Waals surface area contributed by atoms with Crippen molar-refractivity contribution in [1.29, 1.82) is 0 Å². The Morgan fingerprint density at radius 2 is 1.96 bits per heavy atom. The highest BCUT2D eigenvalue weighted by Crippen LogP contribution is 2.31. The molecule has 1 aliphatic heterocycles. The number of methoxy groups -OCH3 is 1. The number of H-pyrrole nitrogens is 1. The molecule has 4 rings (SSSR count). The van der Waals surface area contributed by atoms with Crippen molar-refractivity contribution in [3.8, 4) is 17.0 Å². The molecule has 0 aliphatic carbocycles. The van der Waals surface area contributed by atoms with E-state index in [9.17, 15) is 0 Å². The van der Waals surface area contributed by atoms with Crippen LogP contribution in [0.2, 0.25) is 0 Å². The number of aromatic nitrogens is 2. The molecule has 1 aliphatic rings. The second kappa shape index (κ2) is 7.15. The van der Waals surface area contributed by atoms with Gasteiger partial charge in [-0.25, -0.2) is 0 Å². The third-order valence-electron chi connectivity index (χ3n) is 4.88. The molecule has 5 heteroatoms. The number of ether oxygens (including phenoxy) is 2. The van der Waals surface area contributed by atoms with Crippen LogP contribution in [-0.4, -0.2) is 37.1 Å². The lowest BCUT2D eigenvalue weighted by Crippen LogP contribution is -2.22. The van der Waals surface area contributed by atoms with E-state index in [2.05, 4.69) is 33.7 Å². The molecule has 1 aromatic heterocycles. The van der Waals surface area contributed by atoms with Crippen LogP contribution in [0.15, 0.2) is 42.5 Å². The second-order valence-electron chi connectivity index (χ2n) is 6.47. The molecule has 0 unspecified atom stereocenters. The summed E-state index contributed by atoms with van der Waals surface area (Å²) in [6, 6.07) is 14.3. The van der Waals surface area contributed by atoms with Crippen molar-refractivity contribution in [2.24, 2.45) is 5.92 Å². The average molecular weight is 337 g/mol. The zero-order chi connectivity index (χ0) is 17.1. The third kappa shape index (κ3) is 3.33. The van der Waals surface area contributed by atoms with Crippen LogP contribution in [-0.2, 0) is 4.74 Å². The fourth-order valence-electron chi connectivity index (χ4n) is 3.36. The average Bonchev–Trinajstić information content (AvgIpc) is 3.12. The van der Waals surface area contributed by atoms with Crippen LogP contribution >= 0.6 is 0 Å². The lowest BCUT2D eigenvalue weighted by Gasteiger charge is -2.22. The molecule has 0 amide bonds. The van der Waals surface area contributed by atoms with Crippen molar-refractivity contribution in [2.45, 2.75) is 12.8 Å². The molecule has 0 atom stereocenters. The second-order valence-corrected chi connectivity index (χ2v) is 6.47. The first-order chi connectivity index (χ1) is 12.3. The van der Waals surface area contributed by atoms with E-state index in [1.165, 1.54) is 0 Å². The number of hydrogen-bond acceptors (Lipinski definition) is 4. The number of rotatable bonds is 5. The molecule has 0 saturated carbocycles. The van der Waals surface area contributed by atoms with Crippen LogP contribution in [0.25, 0.3) is 22.2 Å². The SMILES string of the molecule is COc1ccc(-c2n[nH]c3c(NCC4CCOCC4)cccc23)cc1. The summed E-state index contributed by atoms with van der Waals surface area (Å²) in [7, 11) is 1.68. The maximum Gasteiger partial charge on any atom is 0.118 e. The molecule has 1 fully saturated rings. The number of nitrogens with zero attached hydrogens (tertiary/aromatic N) is 1. The molecule has 5 nitrogen and oxygen atoms in total. The van der Waals surface area contributed by atoms with Gasteiger partial charge < -0.3 is 14.8 Å². The molecule has 0 spiro atoms. The van der Waals surface area contributed by atoms with E-state index >= 15 is 0 Å². The highest BCUT2D eigenvalue weighted by molar-refractivity contribution is 5.99. The van der Waals surface area contributed by atoms with Crippen molar-refractivity contribution >= 4 is 16.6 Å². The molecule has 2 N–H and O–H groups in total. The van der Waals surface area contributed by atoms with E-state index in [1.807, 2.05) is 24.3 Å². The Morgan fingerprint density at radius 3 is 2.72 bits per heavy atom. The minimum Gasteiger partial charge on any atom is -0.497 e. The lowest BCUT2D eigenvalue weighted by molar-refractivity contribution is 0.0699. The summed E-state index contributed by atoms with van der Waals surface area (Å²) in [5.41, 5.74) is 4.21. The summed E-state index contributed by atoms with van der Waals surface area (Å²) in [4.78, 5) is 0. The third-order valence-corrected chi connectivity index (χ3v) is 4.88. The van der Waals surface area contributed by atoms with Crippen LogP contribution in [0.4, 0.5) is 5.69 Å². The molecule has 130 valence electrons. The Labute approximate surface area is 147 Å². The Kier molecular flexibility index (Phi) is 4.57. The maximum absolute atomic E-state index is 5.44. The molecule has 1 saturated heterocycles. The van der Waals surface area contributed by atoms with Crippen LogP contribution in [0.5, 0.6) is 5.75 Å². The molecule has 0 radical (unpaired) electrons. The minimum atomic E-state index is 0.674. The summed E-state index contributed by atoms with van der Waals surface area (Å²) in [6.07, 6.45) is 2.26. The van der Waals surface area contributed by atoms with Gasteiger partial charge in [-0.05, 0) is 49.1 Å². The first-order valence-electron chi connectivity index (χ1n) is 8.78. The van der Waals surface area contributed by atoms with Gasteiger partial charge in [-0.1, -0.05) is 12.1 Å². The summed E-state index contributed by atoms with van der Waals surface area (Å²) < 4.78 is 10.7. The molecule has 25 heavy (non-hydrogen) atoms. The number of hydrogen-bond donors (Lipinski definition) is 2. The van der Waals surface area contributed by atoms with Gasteiger partial charge >= 0.3 is 0 Å². The molecule has 2 aromatic carbocycles. The topological polar surface area (TPSA) is 59.2 Å². The highest BCUT2D eigenvalue weighted by atomic mass is 16.5. The van der Waals surface area contributed by atoms with Gasteiger partial charge in [-0.3, -0.25) is 5.10 Å². The Hall–Kier alpha value is -2.53. The van der Waals surface area contributed by atoms with Gasteiger partial charge in [-0.2, -0.15) is 5.10 Å². The van der Waals surface area contributed by atoms with Crippen molar-refractivity contribution in [2.75, 3.05) is 32.2 Å². The van der Waals surface area contributed by atoms with Crippen molar-refractivity contribution in [3.63, 3.8) is 0 Å². The van der Waals surface area contributed by atoms with Crippen molar-refractivity contribution in [1.82, 2.24) is 10.2 Å². The number of benzene rings is 2. The van der Waals surface area contributed by atoms with Crippen LogP contribution in [0, 0.1) is 5.92 Å². The number of aromatic amines is 1. The largest absolute Gasteiger partial charge is 0.497 e. The molecule has 2 heterocycles. The van der Waals surface area contributed by atoms with E-state index in [0.29, 0.717) is 5.92 Å². The van der Waals surface area contributed by atoms with Gasteiger partial charge in [0.1, 0.15) is 5.75 Å². The lowest BCUT2D eigenvalue weighted by atomic mass is 10.0. The standard InChI is InChI=1S/C20H23N3O2/c1-24-16-7-5-15(6-8-16)19-17-3-2-4-18(20(17)23-22-19)21-13-14-9-11-25-12-10-14/h2-8,14,21H,9-13H2,1H3,(H,22,23). The first-order valence-corrected chi connectivity index (χ1v) is 8.78. The molecular formula is C20H23N3O2. The quantitative estimate of drug-likeness (QED) is 0.736. The highest BCUT2D eigenvalue weighted by Gasteiger charge is 2.15. The Balaban J connectivity index is 1.58. The van der Waals surface area contributed by atoms with Crippen LogP contribution < -0.4 is 10.1 Å². The van der Waals surface area contributed by atoms with Gasteiger partial charge in [-0.15, -0.1) is 0 Å². The molecule has 0 bridgehead atoms. The number of anilines is 1. The van der Waals surface area contributed by atoms with Gasteiger partial charge in [0.2, 0.25) is 0 Å². The molecule has 3 aromatic rings. The maximum atomic E-state index is 5.44. The predicted molar refractivity (Wildman–Crippen MR) is 100 cm³/mol. The zero-order valence-corrected chi connectivity index (χ0v) is 14.4. The predicted octanol–water partition coefficient (Wildman–Crippen LogP) is 4.08. The Morgan fingerprint density at radius 1 is 1.16 bits per heavy atom. The zero-order valence-electron chi connectivity index (χ0n) is 14.4. The number of nitrogens with one attached hydrogen (secondary N) is 2. The first kappa shape index (κ1) is 16.0. The summed E-state index contributed by atoms with van der Waals surface area (Å²) in [5.74, 6) is 1.52.